The Labute approximate surface area is 275 Å². The van der Waals surface area contributed by atoms with Gasteiger partial charge in [-0.05, 0) is 60.7 Å². The molecule has 0 atom stereocenters. The quantitative estimate of drug-likeness (QED) is 0.173. The summed E-state index contributed by atoms with van der Waals surface area (Å²) in [6, 6.07) is 15.4. The number of aromatic nitrogens is 2. The van der Waals surface area contributed by atoms with Crippen molar-refractivity contribution in [3.8, 4) is 0 Å². The molecule has 0 aliphatic heterocycles. The van der Waals surface area contributed by atoms with Crippen molar-refractivity contribution < 1.29 is 26.4 Å². The van der Waals surface area contributed by atoms with E-state index in [2.05, 4.69) is 20.6 Å². The SMILES string of the molecule is CCN(CC)S(=O)(=O)c1ccc2nc(NC(=O)c3ccc(C(=O)Nc4nc5ccc(S(=O)(=O)N(CC)CC)cc5s4)cc3)sc2c1. The van der Waals surface area contributed by atoms with Gasteiger partial charge in [0.1, 0.15) is 0 Å². The summed E-state index contributed by atoms with van der Waals surface area (Å²) in [7, 11) is -7.27. The topological polar surface area (TPSA) is 159 Å². The van der Waals surface area contributed by atoms with E-state index in [0.29, 0.717) is 68.0 Å². The Kier molecular flexibility index (Phi) is 9.86. The highest BCUT2D eigenvalue weighted by molar-refractivity contribution is 7.89. The van der Waals surface area contributed by atoms with Crippen molar-refractivity contribution in [2.45, 2.75) is 37.5 Å². The lowest BCUT2D eigenvalue weighted by Crippen LogP contribution is -2.30. The number of nitrogens with zero attached hydrogens (tertiary/aromatic N) is 4. The van der Waals surface area contributed by atoms with Crippen LogP contribution in [0, 0.1) is 0 Å². The number of hydrogen-bond donors (Lipinski definition) is 2. The van der Waals surface area contributed by atoms with Crippen LogP contribution in [-0.4, -0.2) is 73.4 Å². The number of hydrogen-bond acceptors (Lipinski definition) is 10. The Morgan fingerprint density at radius 2 is 0.957 bits per heavy atom. The van der Waals surface area contributed by atoms with Gasteiger partial charge in [-0.15, -0.1) is 0 Å². The van der Waals surface area contributed by atoms with Crippen molar-refractivity contribution in [1.29, 1.82) is 0 Å². The van der Waals surface area contributed by atoms with Gasteiger partial charge in [-0.3, -0.25) is 20.2 Å². The molecule has 12 nitrogen and oxygen atoms in total. The number of carbonyl (C=O) groups is 2. The van der Waals surface area contributed by atoms with E-state index in [1.165, 1.54) is 45.0 Å². The summed E-state index contributed by atoms with van der Waals surface area (Å²) >= 11 is 2.32. The summed E-state index contributed by atoms with van der Waals surface area (Å²) in [6.45, 7) is 8.55. The van der Waals surface area contributed by atoms with E-state index in [-0.39, 0.29) is 9.79 Å². The van der Waals surface area contributed by atoms with Gasteiger partial charge < -0.3 is 0 Å². The lowest BCUT2D eigenvalue weighted by molar-refractivity contribution is 0.101. The molecule has 5 aromatic rings. The third kappa shape index (κ3) is 6.67. The number of sulfonamides is 2. The first-order valence-electron chi connectivity index (χ1n) is 14.5. The molecule has 5 rings (SSSR count). The number of fused-ring (bicyclic) bond motifs is 2. The van der Waals surface area contributed by atoms with E-state index < -0.39 is 31.9 Å². The summed E-state index contributed by atoms with van der Waals surface area (Å²) in [6.07, 6.45) is 0. The maximum atomic E-state index is 12.9. The molecule has 0 spiro atoms. The molecule has 0 radical (unpaired) electrons. The average molecular weight is 701 g/mol. The molecular formula is C30H32N6O6S4. The molecule has 0 bridgehead atoms. The van der Waals surface area contributed by atoms with Crippen molar-refractivity contribution in [1.82, 2.24) is 18.6 Å². The van der Waals surface area contributed by atoms with Gasteiger partial charge in [0, 0.05) is 37.3 Å². The van der Waals surface area contributed by atoms with Crippen molar-refractivity contribution in [3.05, 3.63) is 71.8 Å². The molecule has 46 heavy (non-hydrogen) atoms. The van der Waals surface area contributed by atoms with Crippen molar-refractivity contribution >= 4 is 85.2 Å². The molecule has 0 fully saturated rings. The highest BCUT2D eigenvalue weighted by Gasteiger charge is 2.24. The summed E-state index contributed by atoms with van der Waals surface area (Å²) in [5.41, 5.74) is 1.70. The zero-order valence-electron chi connectivity index (χ0n) is 25.5. The Morgan fingerprint density at radius 1 is 0.609 bits per heavy atom. The summed E-state index contributed by atoms with van der Waals surface area (Å²) in [4.78, 5) is 35.0. The first-order valence-corrected chi connectivity index (χ1v) is 19.0. The van der Waals surface area contributed by atoms with Gasteiger partial charge in [-0.25, -0.2) is 26.8 Å². The monoisotopic (exact) mass is 700 g/mol. The van der Waals surface area contributed by atoms with Crippen LogP contribution >= 0.6 is 22.7 Å². The Morgan fingerprint density at radius 3 is 1.28 bits per heavy atom. The maximum absolute atomic E-state index is 12.9. The second-order valence-corrected chi connectivity index (χ2v) is 15.9. The molecule has 0 aliphatic rings. The number of amides is 2. The molecule has 2 heterocycles. The molecule has 0 saturated carbocycles. The molecular weight excluding hydrogens is 669 g/mol. The zero-order valence-corrected chi connectivity index (χ0v) is 28.7. The number of carbonyl (C=O) groups excluding carboxylic acids is 2. The third-order valence-corrected chi connectivity index (χ3v) is 13.2. The van der Waals surface area contributed by atoms with Crippen LogP contribution in [0.3, 0.4) is 0 Å². The fourth-order valence-corrected chi connectivity index (χ4v) is 9.69. The molecule has 2 N–H and O–H groups in total. The zero-order chi connectivity index (χ0) is 33.2. The van der Waals surface area contributed by atoms with E-state index in [4.69, 9.17) is 0 Å². The first kappa shape index (κ1) is 33.6. The number of thiazole rings is 2. The van der Waals surface area contributed by atoms with Crippen LogP contribution < -0.4 is 10.6 Å². The number of rotatable bonds is 12. The van der Waals surface area contributed by atoms with Gasteiger partial charge in [0.2, 0.25) is 20.0 Å². The molecule has 3 aromatic carbocycles. The lowest BCUT2D eigenvalue weighted by Gasteiger charge is -2.18. The van der Waals surface area contributed by atoms with E-state index in [1.54, 1.807) is 52.0 Å². The van der Waals surface area contributed by atoms with Crippen LogP contribution in [0.1, 0.15) is 48.4 Å². The number of anilines is 2. The summed E-state index contributed by atoms with van der Waals surface area (Å²) < 4.78 is 55.6. The standard InChI is InChI=1S/C30H32N6O6S4/c1-5-35(6-2)45(39,40)21-13-15-23-25(17-21)43-29(31-23)33-27(37)19-9-11-20(12-10-19)28(38)34-30-32-24-16-14-22(18-26(24)44-30)46(41,42)36(7-3)8-4/h9-18H,5-8H2,1-4H3,(H,31,33,37)(H,32,34,38). The van der Waals surface area contributed by atoms with E-state index in [0.717, 1.165) is 22.7 Å². The number of nitrogens with one attached hydrogen (secondary N) is 2. The van der Waals surface area contributed by atoms with Crippen LogP contribution in [0.15, 0.2) is 70.5 Å². The fraction of sp³-hybridized carbons (Fsp3) is 0.267. The molecule has 242 valence electrons. The fourth-order valence-electron chi connectivity index (χ4n) is 4.77. The molecule has 16 heteroatoms. The Bertz CT molecular complexity index is 1980. The largest absolute Gasteiger partial charge is 0.298 e. The third-order valence-electron chi connectivity index (χ3n) is 7.26. The van der Waals surface area contributed by atoms with Crippen LogP contribution in [-0.2, 0) is 20.0 Å². The molecule has 0 saturated heterocycles. The molecule has 0 unspecified atom stereocenters. The van der Waals surface area contributed by atoms with Crippen LogP contribution in [0.4, 0.5) is 10.3 Å². The molecule has 2 aromatic heterocycles. The van der Waals surface area contributed by atoms with E-state index >= 15 is 0 Å². The molecule has 2 amide bonds. The highest BCUT2D eigenvalue weighted by Crippen LogP contribution is 2.31. The van der Waals surface area contributed by atoms with Crippen molar-refractivity contribution in [2.24, 2.45) is 0 Å². The van der Waals surface area contributed by atoms with Crippen LogP contribution in [0.2, 0.25) is 0 Å². The lowest BCUT2D eigenvalue weighted by atomic mass is 10.1. The molecule has 0 aliphatic carbocycles. The van der Waals surface area contributed by atoms with Gasteiger partial charge in [0.25, 0.3) is 11.8 Å². The highest BCUT2D eigenvalue weighted by atomic mass is 32.2. The Balaban J connectivity index is 1.26. The second kappa shape index (κ2) is 13.5. The minimum atomic E-state index is -3.63. The Hall–Kier alpha value is -3.80. The van der Waals surface area contributed by atoms with Gasteiger partial charge in [0.05, 0.1) is 30.2 Å². The van der Waals surface area contributed by atoms with E-state index in [1.807, 2.05) is 0 Å². The minimum absolute atomic E-state index is 0.165. The van der Waals surface area contributed by atoms with Gasteiger partial charge in [-0.2, -0.15) is 8.61 Å². The summed E-state index contributed by atoms with van der Waals surface area (Å²) in [5, 5.41) is 6.09. The van der Waals surface area contributed by atoms with Gasteiger partial charge >= 0.3 is 0 Å². The van der Waals surface area contributed by atoms with Gasteiger partial charge in [-0.1, -0.05) is 50.4 Å². The predicted molar refractivity (Wildman–Crippen MR) is 182 cm³/mol. The maximum Gasteiger partial charge on any atom is 0.257 e. The minimum Gasteiger partial charge on any atom is -0.298 e. The smallest absolute Gasteiger partial charge is 0.257 e. The second-order valence-electron chi connectivity index (χ2n) is 9.96. The van der Waals surface area contributed by atoms with Crippen LogP contribution in [0.25, 0.3) is 20.4 Å². The average Bonchev–Trinajstić information content (AvgIpc) is 3.63. The van der Waals surface area contributed by atoms with Crippen molar-refractivity contribution in [2.75, 3.05) is 36.8 Å². The summed E-state index contributed by atoms with van der Waals surface area (Å²) in [5.74, 6) is -0.882. The normalized spacial score (nSPS) is 12.3. The number of benzene rings is 3. The first-order chi connectivity index (χ1) is 21.9. The predicted octanol–water partition coefficient (Wildman–Crippen LogP) is 5.47. The van der Waals surface area contributed by atoms with Crippen molar-refractivity contribution in [3.63, 3.8) is 0 Å². The van der Waals surface area contributed by atoms with Crippen LogP contribution in [0.5, 0.6) is 0 Å². The van der Waals surface area contributed by atoms with Gasteiger partial charge in [0.15, 0.2) is 10.3 Å². The van der Waals surface area contributed by atoms with E-state index in [9.17, 15) is 26.4 Å².